The SMILES string of the molecule is C=C(CC)CCCCC(CCCC(C)=CC)=C(C)CCCCCCCCCCCCCCC. The number of hydrogen-bond donors (Lipinski definition) is 0. The van der Waals surface area contributed by atoms with Crippen molar-refractivity contribution >= 4 is 0 Å². The van der Waals surface area contributed by atoms with Gasteiger partial charge in [0.25, 0.3) is 0 Å². The van der Waals surface area contributed by atoms with E-state index in [2.05, 4.69) is 47.3 Å². The highest BCUT2D eigenvalue weighted by Crippen LogP contribution is 2.25. The Kier molecular flexibility index (Phi) is 23.8. The quantitative estimate of drug-likeness (QED) is 0.0996. The summed E-state index contributed by atoms with van der Waals surface area (Å²) in [7, 11) is 0. The minimum absolute atomic E-state index is 1.14. The number of hydrogen-bond acceptors (Lipinski definition) is 0. The van der Waals surface area contributed by atoms with Crippen molar-refractivity contribution in [2.75, 3.05) is 0 Å². The summed E-state index contributed by atoms with van der Waals surface area (Å²) < 4.78 is 0. The molecule has 0 amide bonds. The lowest BCUT2D eigenvalue weighted by atomic mass is 9.93. The molecule has 33 heavy (non-hydrogen) atoms. The molecule has 0 heteroatoms. The standard InChI is InChI=1S/C33H62/c1-7-10-11-12-13-14-15-16-17-18-19-20-21-27-32(6)33(29-24-26-31(5)9-3)28-23-22-25-30(4)8-2/h9H,4,7-8,10-29H2,1-3,5-6H3. The Morgan fingerprint density at radius 2 is 1.00 bits per heavy atom. The van der Waals surface area contributed by atoms with Gasteiger partial charge in [-0.1, -0.05) is 126 Å². The van der Waals surface area contributed by atoms with E-state index in [0.717, 1.165) is 6.42 Å². The third-order valence-corrected chi connectivity index (χ3v) is 7.56. The first-order chi connectivity index (χ1) is 16.0. The van der Waals surface area contributed by atoms with Crippen LogP contribution in [0.1, 0.15) is 176 Å². The van der Waals surface area contributed by atoms with Crippen molar-refractivity contribution in [1.29, 1.82) is 0 Å². The third kappa shape index (κ3) is 21.5. The molecule has 0 saturated carbocycles. The Balaban J connectivity index is 4.07. The zero-order chi connectivity index (χ0) is 24.6. The van der Waals surface area contributed by atoms with Crippen LogP contribution in [0.3, 0.4) is 0 Å². The molecule has 0 radical (unpaired) electrons. The van der Waals surface area contributed by atoms with Gasteiger partial charge in [-0.3, -0.25) is 0 Å². The van der Waals surface area contributed by atoms with Crippen LogP contribution >= 0.6 is 0 Å². The molecular formula is C33H62. The van der Waals surface area contributed by atoms with E-state index in [4.69, 9.17) is 0 Å². The normalized spacial score (nSPS) is 12.8. The maximum absolute atomic E-state index is 4.18. The van der Waals surface area contributed by atoms with Gasteiger partial charge in [0.1, 0.15) is 0 Å². The fourth-order valence-electron chi connectivity index (χ4n) is 4.75. The molecule has 194 valence electrons. The molecule has 0 aliphatic carbocycles. The van der Waals surface area contributed by atoms with Crippen LogP contribution in [0.25, 0.3) is 0 Å². The maximum atomic E-state index is 4.18. The Morgan fingerprint density at radius 3 is 1.52 bits per heavy atom. The van der Waals surface area contributed by atoms with Gasteiger partial charge in [-0.25, -0.2) is 0 Å². The highest BCUT2D eigenvalue weighted by atomic mass is 14.1. The van der Waals surface area contributed by atoms with Crippen LogP contribution in [-0.4, -0.2) is 0 Å². The molecule has 0 N–H and O–H groups in total. The lowest BCUT2D eigenvalue weighted by molar-refractivity contribution is 0.538. The van der Waals surface area contributed by atoms with E-state index in [1.165, 1.54) is 140 Å². The van der Waals surface area contributed by atoms with Gasteiger partial charge in [0.15, 0.2) is 0 Å². The molecule has 0 nitrogen and oxygen atoms in total. The minimum atomic E-state index is 1.14. The van der Waals surface area contributed by atoms with Crippen LogP contribution < -0.4 is 0 Å². The molecule has 0 bridgehead atoms. The molecule has 0 unspecified atom stereocenters. The lowest BCUT2D eigenvalue weighted by Crippen LogP contribution is -1.94. The predicted octanol–water partition coefficient (Wildman–Crippen LogP) is 12.4. The van der Waals surface area contributed by atoms with E-state index in [1.807, 2.05) is 0 Å². The van der Waals surface area contributed by atoms with Crippen LogP contribution in [-0.2, 0) is 0 Å². The maximum Gasteiger partial charge on any atom is -0.0315 e. The van der Waals surface area contributed by atoms with Crippen LogP contribution in [0.15, 0.2) is 34.9 Å². The monoisotopic (exact) mass is 458 g/mol. The number of allylic oxidation sites excluding steroid dienone is 5. The van der Waals surface area contributed by atoms with Crippen molar-refractivity contribution in [2.24, 2.45) is 0 Å². The Bertz CT molecular complexity index is 504. The molecule has 0 fully saturated rings. The third-order valence-electron chi connectivity index (χ3n) is 7.56. The molecule has 0 rings (SSSR count). The molecule has 0 aliphatic rings. The van der Waals surface area contributed by atoms with Gasteiger partial charge in [-0.05, 0) is 85.0 Å². The fraction of sp³-hybridized carbons (Fsp3) is 0.818. The summed E-state index contributed by atoms with van der Waals surface area (Å²) in [5.74, 6) is 0. The zero-order valence-electron chi connectivity index (χ0n) is 23.8. The highest BCUT2D eigenvalue weighted by molar-refractivity contribution is 5.13. The molecule has 0 aliphatic heterocycles. The topological polar surface area (TPSA) is 0 Å². The molecule has 0 aromatic rings. The van der Waals surface area contributed by atoms with E-state index >= 15 is 0 Å². The van der Waals surface area contributed by atoms with Crippen molar-refractivity contribution in [3.8, 4) is 0 Å². The largest absolute Gasteiger partial charge is 0.0999 e. The van der Waals surface area contributed by atoms with Crippen LogP contribution in [0.2, 0.25) is 0 Å². The summed E-state index contributed by atoms with van der Waals surface area (Å²) in [5, 5.41) is 0. The second kappa shape index (κ2) is 24.3. The number of rotatable bonds is 24. The Morgan fingerprint density at radius 1 is 0.545 bits per heavy atom. The van der Waals surface area contributed by atoms with Gasteiger partial charge in [-0.2, -0.15) is 0 Å². The summed E-state index contributed by atoms with van der Waals surface area (Å²) in [4.78, 5) is 0. The molecule has 0 saturated heterocycles. The van der Waals surface area contributed by atoms with Crippen molar-refractivity contribution in [1.82, 2.24) is 0 Å². The van der Waals surface area contributed by atoms with Crippen LogP contribution in [0.4, 0.5) is 0 Å². The smallest absolute Gasteiger partial charge is 0.0315 e. The average Bonchev–Trinajstić information content (AvgIpc) is 2.82. The summed E-state index contributed by atoms with van der Waals surface area (Å²) >= 11 is 0. The lowest BCUT2D eigenvalue weighted by Gasteiger charge is -2.14. The summed E-state index contributed by atoms with van der Waals surface area (Å²) in [5.41, 5.74) is 6.46. The molecule has 0 aromatic heterocycles. The first kappa shape index (κ1) is 32.2. The van der Waals surface area contributed by atoms with Gasteiger partial charge in [0, 0.05) is 0 Å². The van der Waals surface area contributed by atoms with E-state index in [1.54, 1.807) is 16.7 Å². The number of unbranched alkanes of at least 4 members (excludes halogenated alkanes) is 13. The van der Waals surface area contributed by atoms with Gasteiger partial charge >= 0.3 is 0 Å². The second-order valence-electron chi connectivity index (χ2n) is 10.7. The van der Waals surface area contributed by atoms with Gasteiger partial charge in [0.05, 0.1) is 0 Å². The molecule has 0 atom stereocenters. The fourth-order valence-corrected chi connectivity index (χ4v) is 4.75. The van der Waals surface area contributed by atoms with Crippen molar-refractivity contribution in [3.05, 3.63) is 34.9 Å². The average molecular weight is 459 g/mol. The predicted molar refractivity (Wildman–Crippen MR) is 154 cm³/mol. The first-order valence-electron chi connectivity index (χ1n) is 15.0. The van der Waals surface area contributed by atoms with E-state index in [-0.39, 0.29) is 0 Å². The van der Waals surface area contributed by atoms with Crippen LogP contribution in [0, 0.1) is 0 Å². The van der Waals surface area contributed by atoms with E-state index in [9.17, 15) is 0 Å². The minimum Gasteiger partial charge on any atom is -0.0999 e. The van der Waals surface area contributed by atoms with Crippen molar-refractivity contribution in [3.63, 3.8) is 0 Å². The molecule has 0 aromatic carbocycles. The van der Waals surface area contributed by atoms with E-state index in [0.29, 0.717) is 0 Å². The van der Waals surface area contributed by atoms with E-state index < -0.39 is 0 Å². The Labute approximate surface area is 210 Å². The highest BCUT2D eigenvalue weighted by Gasteiger charge is 2.05. The van der Waals surface area contributed by atoms with Gasteiger partial charge in [-0.15, -0.1) is 0 Å². The molecular weight excluding hydrogens is 396 g/mol. The Hall–Kier alpha value is -0.780. The van der Waals surface area contributed by atoms with Gasteiger partial charge in [0.2, 0.25) is 0 Å². The summed E-state index contributed by atoms with van der Waals surface area (Å²) in [6, 6.07) is 0. The van der Waals surface area contributed by atoms with Gasteiger partial charge < -0.3 is 0 Å². The van der Waals surface area contributed by atoms with Crippen molar-refractivity contribution < 1.29 is 0 Å². The molecule has 0 heterocycles. The molecule has 0 spiro atoms. The first-order valence-corrected chi connectivity index (χ1v) is 15.0. The second-order valence-corrected chi connectivity index (χ2v) is 10.7. The zero-order valence-corrected chi connectivity index (χ0v) is 23.8. The summed E-state index contributed by atoms with van der Waals surface area (Å²) in [6.07, 6.45) is 32.6. The summed E-state index contributed by atoms with van der Waals surface area (Å²) in [6.45, 7) is 15.6. The van der Waals surface area contributed by atoms with Crippen molar-refractivity contribution in [2.45, 2.75) is 176 Å². The van der Waals surface area contributed by atoms with Crippen LogP contribution in [0.5, 0.6) is 0 Å².